The van der Waals surface area contributed by atoms with Crippen LogP contribution in [0.3, 0.4) is 0 Å². The van der Waals surface area contributed by atoms with E-state index in [-0.39, 0.29) is 19.1 Å². The Balaban J connectivity index is 2.51. The quantitative estimate of drug-likeness (QED) is 0.678. The fraction of sp³-hybridized carbons (Fsp3) is 0.462. The monoisotopic (exact) mass is 253 g/mol. The number of hydrogen-bond donors (Lipinski definition) is 3. The summed E-state index contributed by atoms with van der Waals surface area (Å²) in [5.74, 6) is 0.233. The summed E-state index contributed by atoms with van der Waals surface area (Å²) in [4.78, 5) is 11.7. The number of nitrogens with one attached hydrogen (secondary N) is 1. The number of hydrogen-bond acceptors (Lipinski definition) is 4. The molecule has 0 bridgehead atoms. The molecule has 0 aliphatic heterocycles. The van der Waals surface area contributed by atoms with Gasteiger partial charge in [-0.3, -0.25) is 4.79 Å². The SMILES string of the molecule is Cc1ccc(OC(C)C(=O)NC(CO)CO)cc1. The molecule has 5 nitrogen and oxygen atoms in total. The highest BCUT2D eigenvalue weighted by atomic mass is 16.5. The first-order chi connectivity index (χ1) is 8.56. The van der Waals surface area contributed by atoms with Crippen molar-refractivity contribution in [2.75, 3.05) is 13.2 Å². The van der Waals surface area contributed by atoms with Crippen LogP contribution in [0.15, 0.2) is 24.3 Å². The second kappa shape index (κ2) is 6.98. The zero-order valence-electron chi connectivity index (χ0n) is 10.6. The van der Waals surface area contributed by atoms with E-state index in [4.69, 9.17) is 14.9 Å². The van der Waals surface area contributed by atoms with Gasteiger partial charge in [0.05, 0.1) is 19.3 Å². The number of benzene rings is 1. The van der Waals surface area contributed by atoms with Crippen molar-refractivity contribution in [1.29, 1.82) is 0 Å². The Bertz CT molecular complexity index is 373. The van der Waals surface area contributed by atoms with Crippen molar-refractivity contribution in [3.8, 4) is 5.75 Å². The minimum Gasteiger partial charge on any atom is -0.481 e. The van der Waals surface area contributed by atoms with E-state index >= 15 is 0 Å². The Morgan fingerprint density at radius 2 is 1.83 bits per heavy atom. The van der Waals surface area contributed by atoms with Crippen LogP contribution in [0.1, 0.15) is 12.5 Å². The molecule has 0 saturated carbocycles. The number of carbonyl (C=O) groups is 1. The summed E-state index contributed by atoms with van der Waals surface area (Å²) in [6, 6.07) is 6.71. The Kier molecular flexibility index (Phi) is 5.61. The zero-order chi connectivity index (χ0) is 13.5. The number of carbonyl (C=O) groups excluding carboxylic acids is 1. The molecule has 0 aliphatic rings. The van der Waals surface area contributed by atoms with Crippen molar-refractivity contribution >= 4 is 5.91 Å². The minimum absolute atomic E-state index is 0.306. The third kappa shape index (κ3) is 4.35. The Morgan fingerprint density at radius 3 is 2.33 bits per heavy atom. The van der Waals surface area contributed by atoms with Gasteiger partial charge in [-0.1, -0.05) is 17.7 Å². The summed E-state index contributed by atoms with van der Waals surface area (Å²) in [7, 11) is 0. The van der Waals surface area contributed by atoms with E-state index in [1.54, 1.807) is 19.1 Å². The molecule has 1 unspecified atom stereocenters. The average Bonchev–Trinajstić information content (AvgIpc) is 2.38. The van der Waals surface area contributed by atoms with E-state index in [1.165, 1.54) is 0 Å². The molecule has 18 heavy (non-hydrogen) atoms. The predicted molar refractivity (Wildman–Crippen MR) is 67.4 cm³/mol. The van der Waals surface area contributed by atoms with E-state index in [2.05, 4.69) is 5.32 Å². The fourth-order valence-electron chi connectivity index (χ4n) is 1.34. The number of aryl methyl sites for hydroxylation is 1. The first kappa shape index (κ1) is 14.5. The molecule has 5 heteroatoms. The molecule has 3 N–H and O–H groups in total. The molecule has 1 amide bonds. The third-order valence-corrected chi connectivity index (χ3v) is 2.49. The Hall–Kier alpha value is -1.59. The first-order valence-electron chi connectivity index (χ1n) is 5.82. The third-order valence-electron chi connectivity index (χ3n) is 2.49. The average molecular weight is 253 g/mol. The van der Waals surface area contributed by atoms with Crippen molar-refractivity contribution < 1.29 is 19.7 Å². The number of aliphatic hydroxyl groups excluding tert-OH is 2. The highest BCUT2D eigenvalue weighted by molar-refractivity contribution is 5.81. The summed E-state index contributed by atoms with van der Waals surface area (Å²) in [6.07, 6.45) is -0.687. The molecule has 0 aliphatic carbocycles. The summed E-state index contributed by atoms with van der Waals surface area (Å²) in [5.41, 5.74) is 1.11. The molecule has 0 fully saturated rings. The van der Waals surface area contributed by atoms with Crippen LogP contribution in [0.5, 0.6) is 5.75 Å². The summed E-state index contributed by atoms with van der Waals surface area (Å²) in [6.45, 7) is 2.97. The van der Waals surface area contributed by atoms with Crippen molar-refractivity contribution in [1.82, 2.24) is 5.32 Å². The molecule has 0 saturated heterocycles. The maximum Gasteiger partial charge on any atom is 0.261 e. The molecule has 0 aromatic heterocycles. The van der Waals surface area contributed by atoms with Gasteiger partial charge < -0.3 is 20.3 Å². The van der Waals surface area contributed by atoms with E-state index in [0.29, 0.717) is 5.75 Å². The van der Waals surface area contributed by atoms with Gasteiger partial charge >= 0.3 is 0 Å². The second-order valence-corrected chi connectivity index (χ2v) is 4.14. The largest absolute Gasteiger partial charge is 0.481 e. The predicted octanol–water partition coefficient (Wildman–Crippen LogP) is 0.232. The van der Waals surface area contributed by atoms with Crippen molar-refractivity contribution in [2.45, 2.75) is 26.0 Å². The van der Waals surface area contributed by atoms with Gasteiger partial charge in [-0.25, -0.2) is 0 Å². The number of amides is 1. The first-order valence-corrected chi connectivity index (χ1v) is 5.82. The lowest BCUT2D eigenvalue weighted by Gasteiger charge is -2.18. The normalized spacial score (nSPS) is 12.3. The summed E-state index contributed by atoms with van der Waals surface area (Å²) in [5, 5.41) is 20.2. The van der Waals surface area contributed by atoms with Crippen LogP contribution in [-0.2, 0) is 4.79 Å². The molecule has 1 aromatic rings. The molecule has 1 aromatic carbocycles. The van der Waals surface area contributed by atoms with E-state index in [9.17, 15) is 4.79 Å². The lowest BCUT2D eigenvalue weighted by Crippen LogP contribution is -2.45. The molecule has 100 valence electrons. The molecular formula is C13H19NO4. The number of ether oxygens (including phenoxy) is 1. The van der Waals surface area contributed by atoms with Gasteiger partial charge in [0, 0.05) is 0 Å². The molecule has 1 atom stereocenters. The number of rotatable bonds is 6. The molecule has 0 radical (unpaired) electrons. The lowest BCUT2D eigenvalue weighted by molar-refractivity contribution is -0.128. The van der Waals surface area contributed by atoms with Gasteiger partial charge in [0.1, 0.15) is 5.75 Å². The van der Waals surface area contributed by atoms with Crippen molar-refractivity contribution in [2.24, 2.45) is 0 Å². The van der Waals surface area contributed by atoms with Crippen LogP contribution in [0.4, 0.5) is 0 Å². The van der Waals surface area contributed by atoms with Crippen LogP contribution >= 0.6 is 0 Å². The topological polar surface area (TPSA) is 78.8 Å². The Morgan fingerprint density at radius 1 is 1.28 bits per heavy atom. The highest BCUT2D eigenvalue weighted by Gasteiger charge is 2.18. The Labute approximate surface area is 106 Å². The van der Waals surface area contributed by atoms with Gasteiger partial charge in [-0.05, 0) is 26.0 Å². The van der Waals surface area contributed by atoms with Gasteiger partial charge in [0.2, 0.25) is 0 Å². The zero-order valence-corrected chi connectivity index (χ0v) is 10.6. The summed E-state index contributed by atoms with van der Waals surface area (Å²) < 4.78 is 5.45. The van der Waals surface area contributed by atoms with Gasteiger partial charge in [0.15, 0.2) is 6.10 Å². The second-order valence-electron chi connectivity index (χ2n) is 4.14. The molecule has 0 heterocycles. The van der Waals surface area contributed by atoms with Gasteiger partial charge in [0.25, 0.3) is 5.91 Å². The fourth-order valence-corrected chi connectivity index (χ4v) is 1.34. The van der Waals surface area contributed by atoms with Crippen LogP contribution in [-0.4, -0.2) is 41.5 Å². The standard InChI is InChI=1S/C13H19NO4/c1-9-3-5-12(6-4-9)18-10(2)13(17)14-11(7-15)8-16/h3-6,10-11,15-16H,7-8H2,1-2H3,(H,14,17). The van der Waals surface area contributed by atoms with Crippen molar-refractivity contribution in [3.63, 3.8) is 0 Å². The number of aliphatic hydroxyl groups is 2. The van der Waals surface area contributed by atoms with Crippen LogP contribution in [0.25, 0.3) is 0 Å². The van der Waals surface area contributed by atoms with Crippen LogP contribution in [0, 0.1) is 6.92 Å². The van der Waals surface area contributed by atoms with Gasteiger partial charge in [-0.2, -0.15) is 0 Å². The van der Waals surface area contributed by atoms with Crippen LogP contribution < -0.4 is 10.1 Å². The molecule has 1 rings (SSSR count). The maximum atomic E-state index is 11.7. The van der Waals surface area contributed by atoms with Gasteiger partial charge in [-0.15, -0.1) is 0 Å². The smallest absolute Gasteiger partial charge is 0.261 e. The molecule has 0 spiro atoms. The highest BCUT2D eigenvalue weighted by Crippen LogP contribution is 2.13. The van der Waals surface area contributed by atoms with Crippen molar-refractivity contribution in [3.05, 3.63) is 29.8 Å². The van der Waals surface area contributed by atoms with E-state index in [0.717, 1.165) is 5.56 Å². The molecular weight excluding hydrogens is 234 g/mol. The maximum absolute atomic E-state index is 11.7. The van der Waals surface area contributed by atoms with E-state index < -0.39 is 12.1 Å². The lowest BCUT2D eigenvalue weighted by atomic mass is 10.2. The van der Waals surface area contributed by atoms with Crippen LogP contribution in [0.2, 0.25) is 0 Å². The van der Waals surface area contributed by atoms with E-state index in [1.807, 2.05) is 19.1 Å². The summed E-state index contributed by atoms with van der Waals surface area (Å²) >= 11 is 0. The minimum atomic E-state index is -0.687.